The van der Waals surface area contributed by atoms with Crippen molar-refractivity contribution in [2.75, 3.05) is 25.4 Å². The van der Waals surface area contributed by atoms with Crippen LogP contribution in [-0.2, 0) is 4.79 Å². The Hall–Kier alpha value is -0.480. The van der Waals surface area contributed by atoms with E-state index < -0.39 is 5.97 Å². The molecule has 1 N–H and O–H groups in total. The van der Waals surface area contributed by atoms with E-state index in [9.17, 15) is 4.79 Å². The van der Waals surface area contributed by atoms with Gasteiger partial charge in [-0.1, -0.05) is 5.57 Å². The zero-order valence-electron chi connectivity index (χ0n) is 9.62. The Morgan fingerprint density at radius 3 is 2.80 bits per heavy atom. The van der Waals surface area contributed by atoms with Crippen LogP contribution in [0.1, 0.15) is 20.8 Å². The third-order valence-corrected chi connectivity index (χ3v) is 3.64. The monoisotopic (exact) mass is 229 g/mol. The van der Waals surface area contributed by atoms with Crippen LogP contribution in [0.4, 0.5) is 0 Å². The van der Waals surface area contributed by atoms with Gasteiger partial charge in [0.15, 0.2) is 0 Å². The summed E-state index contributed by atoms with van der Waals surface area (Å²) in [6.07, 6.45) is 1.30. The molecule has 15 heavy (non-hydrogen) atoms. The molecule has 3 nitrogen and oxygen atoms in total. The first kappa shape index (κ1) is 12.6. The lowest BCUT2D eigenvalue weighted by Gasteiger charge is -2.37. The second-order valence-electron chi connectivity index (χ2n) is 4.65. The van der Waals surface area contributed by atoms with Gasteiger partial charge in [0.05, 0.1) is 0 Å². The minimum absolute atomic E-state index is 0.293. The molecule has 0 bridgehead atoms. The number of carboxylic acid groups (broad SMARTS) is 1. The van der Waals surface area contributed by atoms with Gasteiger partial charge < -0.3 is 5.11 Å². The van der Waals surface area contributed by atoms with Gasteiger partial charge >= 0.3 is 5.97 Å². The molecule has 0 amide bonds. The highest BCUT2D eigenvalue weighted by Crippen LogP contribution is 2.29. The van der Waals surface area contributed by atoms with Gasteiger partial charge in [0, 0.05) is 36.2 Å². The summed E-state index contributed by atoms with van der Waals surface area (Å²) < 4.78 is 0.293. The number of carbonyl (C=O) groups is 1. The molecule has 1 aliphatic rings. The van der Waals surface area contributed by atoms with Gasteiger partial charge in [0.2, 0.25) is 0 Å². The topological polar surface area (TPSA) is 40.5 Å². The van der Waals surface area contributed by atoms with Crippen LogP contribution in [0.2, 0.25) is 0 Å². The van der Waals surface area contributed by atoms with Gasteiger partial charge in [0.1, 0.15) is 0 Å². The predicted molar refractivity (Wildman–Crippen MR) is 64.4 cm³/mol. The van der Waals surface area contributed by atoms with Crippen molar-refractivity contribution in [1.29, 1.82) is 0 Å². The molecule has 0 atom stereocenters. The molecule has 1 aliphatic heterocycles. The van der Waals surface area contributed by atoms with Crippen molar-refractivity contribution in [3.63, 3.8) is 0 Å². The molecule has 1 fully saturated rings. The Kier molecular flexibility index (Phi) is 4.22. The summed E-state index contributed by atoms with van der Waals surface area (Å²) in [6, 6.07) is 0. The van der Waals surface area contributed by atoms with Crippen molar-refractivity contribution >= 4 is 17.7 Å². The highest BCUT2D eigenvalue weighted by molar-refractivity contribution is 8.00. The fourth-order valence-corrected chi connectivity index (χ4v) is 3.03. The first-order valence-electron chi connectivity index (χ1n) is 5.15. The maximum Gasteiger partial charge on any atom is 0.328 e. The van der Waals surface area contributed by atoms with Crippen LogP contribution in [-0.4, -0.2) is 46.1 Å². The van der Waals surface area contributed by atoms with Gasteiger partial charge in [-0.05, 0) is 20.8 Å². The van der Waals surface area contributed by atoms with E-state index >= 15 is 0 Å². The van der Waals surface area contributed by atoms with E-state index in [-0.39, 0.29) is 0 Å². The molecular weight excluding hydrogens is 210 g/mol. The molecule has 0 saturated carbocycles. The Balaban J connectivity index is 2.48. The summed E-state index contributed by atoms with van der Waals surface area (Å²) in [5, 5.41) is 8.62. The lowest BCUT2D eigenvalue weighted by molar-refractivity contribution is -0.131. The minimum Gasteiger partial charge on any atom is -0.478 e. The van der Waals surface area contributed by atoms with E-state index in [1.807, 2.05) is 18.7 Å². The predicted octanol–water partition coefficient (Wildman–Crippen LogP) is 1.84. The molecule has 0 aromatic carbocycles. The molecule has 1 rings (SSSR count). The summed E-state index contributed by atoms with van der Waals surface area (Å²) in [4.78, 5) is 12.8. The summed E-state index contributed by atoms with van der Waals surface area (Å²) in [5.41, 5.74) is 0.921. The summed E-state index contributed by atoms with van der Waals surface area (Å²) >= 11 is 1.99. The van der Waals surface area contributed by atoms with Gasteiger partial charge in [-0.15, -0.1) is 0 Å². The standard InChI is InChI=1S/C11H19NO2S/c1-9(6-10(13)14)7-12-4-5-15-11(2,3)8-12/h6H,4-5,7-8H2,1-3H3,(H,13,14)/b9-6+. The largest absolute Gasteiger partial charge is 0.478 e. The second-order valence-corrected chi connectivity index (χ2v) is 6.45. The number of carboxylic acids is 1. The van der Waals surface area contributed by atoms with Crippen molar-refractivity contribution in [3.8, 4) is 0 Å². The molecule has 0 unspecified atom stereocenters. The second kappa shape index (κ2) is 5.03. The van der Waals surface area contributed by atoms with Crippen molar-refractivity contribution < 1.29 is 9.90 Å². The number of aliphatic carboxylic acids is 1. The number of hydrogen-bond donors (Lipinski definition) is 1. The first-order chi connectivity index (χ1) is 6.89. The van der Waals surface area contributed by atoms with Crippen molar-refractivity contribution in [1.82, 2.24) is 4.90 Å². The number of nitrogens with zero attached hydrogens (tertiary/aromatic N) is 1. The quantitative estimate of drug-likeness (QED) is 0.750. The molecule has 0 aromatic rings. The summed E-state index contributed by atoms with van der Waals surface area (Å²) in [5.74, 6) is 0.283. The van der Waals surface area contributed by atoms with E-state index in [4.69, 9.17) is 5.11 Å². The molecule has 0 aromatic heterocycles. The zero-order valence-corrected chi connectivity index (χ0v) is 10.4. The van der Waals surface area contributed by atoms with Gasteiger partial charge in [-0.3, -0.25) is 4.90 Å². The maximum atomic E-state index is 10.5. The van der Waals surface area contributed by atoms with Gasteiger partial charge in [0.25, 0.3) is 0 Å². The van der Waals surface area contributed by atoms with Crippen LogP contribution in [0.15, 0.2) is 11.6 Å². The van der Waals surface area contributed by atoms with E-state index in [0.717, 1.165) is 31.0 Å². The molecule has 0 aliphatic carbocycles. The molecule has 1 heterocycles. The van der Waals surface area contributed by atoms with Crippen LogP contribution in [0.5, 0.6) is 0 Å². The summed E-state index contributed by atoms with van der Waals surface area (Å²) in [7, 11) is 0. The minimum atomic E-state index is -0.849. The zero-order chi connectivity index (χ0) is 11.5. The summed E-state index contributed by atoms with van der Waals surface area (Å²) in [6.45, 7) is 9.21. The number of thioether (sulfide) groups is 1. The fourth-order valence-electron chi connectivity index (χ4n) is 1.86. The smallest absolute Gasteiger partial charge is 0.328 e. The lowest BCUT2D eigenvalue weighted by Crippen LogP contribution is -2.43. The maximum absolute atomic E-state index is 10.5. The molecule has 0 radical (unpaired) electrons. The van der Waals surface area contributed by atoms with Crippen LogP contribution >= 0.6 is 11.8 Å². The molecule has 86 valence electrons. The first-order valence-corrected chi connectivity index (χ1v) is 6.14. The fraction of sp³-hybridized carbons (Fsp3) is 0.727. The Labute approximate surface area is 95.5 Å². The van der Waals surface area contributed by atoms with E-state index in [2.05, 4.69) is 18.7 Å². The van der Waals surface area contributed by atoms with Crippen molar-refractivity contribution in [3.05, 3.63) is 11.6 Å². The molecule has 1 saturated heterocycles. The lowest BCUT2D eigenvalue weighted by atomic mass is 10.1. The highest BCUT2D eigenvalue weighted by Gasteiger charge is 2.26. The Bertz CT molecular complexity index is 274. The number of hydrogen-bond acceptors (Lipinski definition) is 3. The Morgan fingerprint density at radius 1 is 1.60 bits per heavy atom. The SMILES string of the molecule is C/C(=C\C(=O)O)CN1CCSC(C)(C)C1. The third-order valence-electron chi connectivity index (χ3n) is 2.35. The van der Waals surface area contributed by atoms with E-state index in [1.165, 1.54) is 6.08 Å². The molecule has 0 spiro atoms. The van der Waals surface area contributed by atoms with E-state index in [1.54, 1.807) is 0 Å². The average molecular weight is 229 g/mol. The molecule has 4 heteroatoms. The van der Waals surface area contributed by atoms with Crippen LogP contribution < -0.4 is 0 Å². The van der Waals surface area contributed by atoms with Crippen LogP contribution in [0.3, 0.4) is 0 Å². The van der Waals surface area contributed by atoms with Crippen molar-refractivity contribution in [2.45, 2.75) is 25.5 Å². The third kappa shape index (κ3) is 4.71. The normalized spacial score (nSPS) is 22.7. The van der Waals surface area contributed by atoms with Gasteiger partial charge in [-0.2, -0.15) is 11.8 Å². The van der Waals surface area contributed by atoms with Crippen molar-refractivity contribution in [2.24, 2.45) is 0 Å². The van der Waals surface area contributed by atoms with Gasteiger partial charge in [-0.25, -0.2) is 4.79 Å². The molecular formula is C11H19NO2S. The highest BCUT2D eigenvalue weighted by atomic mass is 32.2. The van der Waals surface area contributed by atoms with Crippen LogP contribution in [0.25, 0.3) is 0 Å². The average Bonchev–Trinajstić information content (AvgIpc) is 1.99. The van der Waals surface area contributed by atoms with E-state index in [0.29, 0.717) is 4.75 Å². The van der Waals surface area contributed by atoms with Crippen LogP contribution in [0, 0.1) is 0 Å². The number of rotatable bonds is 3. The Morgan fingerprint density at radius 2 is 2.27 bits per heavy atom.